The molecule has 1 aromatic carbocycles. The van der Waals surface area contributed by atoms with E-state index in [1.54, 1.807) is 13.8 Å². The van der Waals surface area contributed by atoms with Crippen LogP contribution in [-0.4, -0.2) is 57.2 Å². The number of hydrogen-bond acceptors (Lipinski definition) is 8. The maximum atomic E-state index is 13.2. The van der Waals surface area contributed by atoms with Crippen LogP contribution >= 0.6 is 0 Å². The summed E-state index contributed by atoms with van der Waals surface area (Å²) in [6.07, 6.45) is 3.91. The van der Waals surface area contributed by atoms with E-state index in [1.807, 2.05) is 0 Å². The van der Waals surface area contributed by atoms with Gasteiger partial charge in [0.15, 0.2) is 9.84 Å². The molecule has 1 saturated heterocycles. The van der Waals surface area contributed by atoms with Gasteiger partial charge in [0.2, 0.25) is 0 Å². The van der Waals surface area contributed by atoms with Gasteiger partial charge in [-0.15, -0.1) is 0 Å². The molecular formula is C24H33NO7S. The van der Waals surface area contributed by atoms with Crippen LogP contribution in [0.5, 0.6) is 0 Å². The lowest BCUT2D eigenvalue weighted by Gasteiger charge is -2.34. The Labute approximate surface area is 195 Å². The molecule has 0 bridgehead atoms. The molecular weight excluding hydrogens is 446 g/mol. The lowest BCUT2D eigenvalue weighted by atomic mass is 9.81. The Balaban J connectivity index is 1.67. The summed E-state index contributed by atoms with van der Waals surface area (Å²) < 4.78 is 36.9. The SMILES string of the molecule is COC(=O)c1cccc(S(=O)(=O)C2CNCC(C(=O)OC(C)(C)CC3CCCCC3=O)C2)c1. The second kappa shape index (κ2) is 10.3. The fourth-order valence-electron chi connectivity index (χ4n) is 4.69. The fourth-order valence-corrected chi connectivity index (χ4v) is 6.46. The van der Waals surface area contributed by atoms with Crippen LogP contribution in [0.1, 0.15) is 62.7 Å². The number of piperidine rings is 1. The standard InChI is InChI=1S/C24H33NO7S/c1-24(2,13-17-7-4-5-10-21(17)26)32-23(28)18-12-20(15-25-14-18)33(29,30)19-9-6-8-16(11-19)22(27)31-3/h6,8-9,11,17-18,20,25H,4-5,7,10,12-15H2,1-3H3. The van der Waals surface area contributed by atoms with E-state index < -0.39 is 38.5 Å². The monoisotopic (exact) mass is 479 g/mol. The largest absolute Gasteiger partial charge is 0.465 e. The van der Waals surface area contributed by atoms with Crippen LogP contribution in [0.3, 0.4) is 0 Å². The summed E-state index contributed by atoms with van der Waals surface area (Å²) in [5.74, 6) is -1.57. The van der Waals surface area contributed by atoms with Crippen molar-refractivity contribution in [3.05, 3.63) is 29.8 Å². The van der Waals surface area contributed by atoms with E-state index in [4.69, 9.17) is 4.74 Å². The number of carbonyl (C=O) groups is 3. The molecule has 1 saturated carbocycles. The van der Waals surface area contributed by atoms with Crippen molar-refractivity contribution < 1.29 is 32.3 Å². The van der Waals surface area contributed by atoms with E-state index in [1.165, 1.54) is 31.4 Å². The molecule has 1 aliphatic carbocycles. The molecule has 0 radical (unpaired) electrons. The zero-order valence-electron chi connectivity index (χ0n) is 19.5. The molecule has 1 aliphatic heterocycles. The number of Topliss-reactive ketones (excluding diaryl/α,β-unsaturated/α-hetero) is 1. The van der Waals surface area contributed by atoms with Crippen LogP contribution in [0.4, 0.5) is 0 Å². The molecule has 2 fully saturated rings. The zero-order valence-corrected chi connectivity index (χ0v) is 20.3. The molecule has 182 valence electrons. The Hall–Kier alpha value is -2.26. The highest BCUT2D eigenvalue weighted by atomic mass is 32.2. The van der Waals surface area contributed by atoms with Crippen molar-refractivity contribution >= 4 is 27.6 Å². The average molecular weight is 480 g/mol. The summed E-state index contributed by atoms with van der Waals surface area (Å²) in [7, 11) is -2.56. The number of methoxy groups -OCH3 is 1. The predicted octanol–water partition coefficient (Wildman–Crippen LogP) is 2.70. The van der Waals surface area contributed by atoms with Crippen LogP contribution in [0.15, 0.2) is 29.2 Å². The number of nitrogens with one attached hydrogen (secondary N) is 1. The quantitative estimate of drug-likeness (QED) is 0.594. The van der Waals surface area contributed by atoms with Gasteiger partial charge in [-0.2, -0.15) is 0 Å². The van der Waals surface area contributed by atoms with Crippen LogP contribution in [0.25, 0.3) is 0 Å². The number of esters is 2. The van der Waals surface area contributed by atoms with Crippen molar-refractivity contribution in [2.24, 2.45) is 11.8 Å². The number of sulfone groups is 1. The number of rotatable bonds is 7. The summed E-state index contributed by atoms with van der Waals surface area (Å²) in [5.41, 5.74) is -0.660. The Bertz CT molecular complexity index is 1000. The van der Waals surface area contributed by atoms with Crippen molar-refractivity contribution in [3.63, 3.8) is 0 Å². The van der Waals surface area contributed by atoms with Gasteiger partial charge in [-0.05, 0) is 57.7 Å². The summed E-state index contributed by atoms with van der Waals surface area (Å²) >= 11 is 0. The van der Waals surface area contributed by atoms with Gasteiger partial charge in [-0.25, -0.2) is 13.2 Å². The third-order valence-electron chi connectivity index (χ3n) is 6.46. The second-order valence-electron chi connectivity index (χ2n) is 9.57. The molecule has 1 N–H and O–H groups in total. The molecule has 33 heavy (non-hydrogen) atoms. The van der Waals surface area contributed by atoms with Gasteiger partial charge in [0.25, 0.3) is 0 Å². The second-order valence-corrected chi connectivity index (χ2v) is 11.8. The first-order valence-corrected chi connectivity index (χ1v) is 13.0. The highest BCUT2D eigenvalue weighted by Crippen LogP contribution is 2.32. The van der Waals surface area contributed by atoms with Gasteiger partial charge in [0, 0.05) is 25.4 Å². The maximum Gasteiger partial charge on any atom is 0.337 e. The Kier molecular flexibility index (Phi) is 7.95. The van der Waals surface area contributed by atoms with E-state index in [2.05, 4.69) is 10.1 Å². The Morgan fingerprint density at radius 1 is 1.18 bits per heavy atom. The van der Waals surface area contributed by atoms with Crippen molar-refractivity contribution in [2.45, 2.75) is 68.1 Å². The molecule has 1 heterocycles. The van der Waals surface area contributed by atoms with Gasteiger partial charge in [-0.3, -0.25) is 9.59 Å². The van der Waals surface area contributed by atoms with Gasteiger partial charge in [-0.1, -0.05) is 12.5 Å². The Morgan fingerprint density at radius 3 is 2.64 bits per heavy atom. The first kappa shape index (κ1) is 25.4. The van der Waals surface area contributed by atoms with E-state index in [0.717, 1.165) is 19.3 Å². The molecule has 1 aromatic rings. The molecule has 3 rings (SSSR count). The molecule has 0 spiro atoms. The molecule has 0 amide bonds. The number of ether oxygens (including phenoxy) is 2. The van der Waals surface area contributed by atoms with E-state index in [9.17, 15) is 22.8 Å². The molecule has 3 unspecified atom stereocenters. The van der Waals surface area contributed by atoms with Crippen molar-refractivity contribution in [3.8, 4) is 0 Å². The summed E-state index contributed by atoms with van der Waals surface area (Å²) in [6, 6.07) is 5.72. The minimum absolute atomic E-state index is 0.0161. The molecule has 2 aliphatic rings. The first-order valence-electron chi connectivity index (χ1n) is 11.4. The number of ketones is 1. The number of benzene rings is 1. The van der Waals surface area contributed by atoms with Gasteiger partial charge < -0.3 is 14.8 Å². The van der Waals surface area contributed by atoms with Crippen LogP contribution in [0.2, 0.25) is 0 Å². The normalized spacial score (nSPS) is 24.2. The van der Waals surface area contributed by atoms with Crippen LogP contribution < -0.4 is 5.32 Å². The molecule has 8 nitrogen and oxygen atoms in total. The van der Waals surface area contributed by atoms with Gasteiger partial charge >= 0.3 is 11.9 Å². The lowest BCUT2D eigenvalue weighted by molar-refractivity contribution is -0.164. The minimum Gasteiger partial charge on any atom is -0.465 e. The summed E-state index contributed by atoms with van der Waals surface area (Å²) in [6.45, 7) is 4.13. The maximum absolute atomic E-state index is 13.2. The lowest BCUT2D eigenvalue weighted by Crippen LogP contribution is -2.47. The predicted molar refractivity (Wildman–Crippen MR) is 121 cm³/mol. The first-order chi connectivity index (χ1) is 15.5. The molecule has 0 aromatic heterocycles. The van der Waals surface area contributed by atoms with Crippen LogP contribution in [-0.2, 0) is 28.9 Å². The van der Waals surface area contributed by atoms with E-state index in [0.29, 0.717) is 19.4 Å². The fraction of sp³-hybridized carbons (Fsp3) is 0.625. The smallest absolute Gasteiger partial charge is 0.337 e. The third-order valence-corrected chi connectivity index (χ3v) is 8.61. The van der Waals surface area contributed by atoms with Crippen molar-refractivity contribution in [1.29, 1.82) is 0 Å². The summed E-state index contributed by atoms with van der Waals surface area (Å²) in [5, 5.41) is 2.21. The highest BCUT2D eigenvalue weighted by Gasteiger charge is 2.39. The summed E-state index contributed by atoms with van der Waals surface area (Å²) in [4.78, 5) is 36.9. The Morgan fingerprint density at radius 2 is 1.94 bits per heavy atom. The molecule has 9 heteroatoms. The topological polar surface area (TPSA) is 116 Å². The number of carbonyl (C=O) groups excluding carboxylic acids is 3. The van der Waals surface area contributed by atoms with Crippen molar-refractivity contribution in [2.75, 3.05) is 20.2 Å². The van der Waals surface area contributed by atoms with Crippen LogP contribution in [0, 0.1) is 11.8 Å². The van der Waals surface area contributed by atoms with Gasteiger partial charge in [0.05, 0.1) is 28.7 Å². The van der Waals surface area contributed by atoms with Gasteiger partial charge in [0.1, 0.15) is 11.4 Å². The average Bonchev–Trinajstić information content (AvgIpc) is 2.79. The number of hydrogen-bond donors (Lipinski definition) is 1. The minimum atomic E-state index is -3.79. The molecule has 3 atom stereocenters. The van der Waals surface area contributed by atoms with Crippen molar-refractivity contribution in [1.82, 2.24) is 5.32 Å². The van der Waals surface area contributed by atoms with E-state index >= 15 is 0 Å². The van der Waals surface area contributed by atoms with E-state index in [-0.39, 0.29) is 35.1 Å². The zero-order chi connectivity index (χ0) is 24.2. The highest BCUT2D eigenvalue weighted by molar-refractivity contribution is 7.92. The third kappa shape index (κ3) is 6.20.